The molecule has 8 nitrogen and oxygen atoms in total. The average Bonchev–Trinajstić information content (AvgIpc) is 3.41. The Hall–Kier alpha value is -4.43. The Morgan fingerprint density at radius 2 is 1.62 bits per heavy atom. The van der Waals surface area contributed by atoms with Crippen molar-refractivity contribution in [2.75, 3.05) is 14.2 Å². The molecule has 170 valence electrons. The summed E-state index contributed by atoms with van der Waals surface area (Å²) < 4.78 is 33.6. The van der Waals surface area contributed by atoms with Gasteiger partial charge in [0.15, 0.2) is 11.2 Å². The lowest BCUT2D eigenvalue weighted by atomic mass is 10.0. The van der Waals surface area contributed by atoms with Crippen molar-refractivity contribution in [3.63, 3.8) is 0 Å². The van der Waals surface area contributed by atoms with E-state index in [1.54, 1.807) is 55.7 Å². The van der Waals surface area contributed by atoms with Gasteiger partial charge < -0.3 is 32.6 Å². The van der Waals surface area contributed by atoms with Crippen molar-refractivity contribution in [2.24, 2.45) is 0 Å². The summed E-state index contributed by atoms with van der Waals surface area (Å²) in [7, 11) is 3.08. The van der Waals surface area contributed by atoms with Crippen LogP contribution in [0.1, 0.15) is 11.3 Å². The third kappa shape index (κ3) is 3.15. The van der Waals surface area contributed by atoms with E-state index in [1.807, 2.05) is 12.1 Å². The van der Waals surface area contributed by atoms with Gasteiger partial charge in [-0.1, -0.05) is 18.2 Å². The quantitative estimate of drug-likeness (QED) is 0.372. The van der Waals surface area contributed by atoms with Crippen LogP contribution in [0.25, 0.3) is 45.1 Å². The molecule has 5 aromatic rings. The van der Waals surface area contributed by atoms with Gasteiger partial charge >= 0.3 is 5.63 Å². The Balaban J connectivity index is 1.41. The molecule has 0 saturated heterocycles. The second kappa shape index (κ2) is 7.57. The minimum atomic E-state index is -1.27. The topological polar surface area (TPSA) is 104 Å². The number of hydrogen-bond acceptors (Lipinski definition) is 8. The zero-order valence-electron chi connectivity index (χ0n) is 18.2. The Morgan fingerprint density at radius 3 is 2.41 bits per heavy atom. The van der Waals surface area contributed by atoms with Crippen molar-refractivity contribution >= 4 is 33.8 Å². The van der Waals surface area contributed by atoms with E-state index in [0.29, 0.717) is 62.2 Å². The zero-order chi connectivity index (χ0) is 23.4. The van der Waals surface area contributed by atoms with Gasteiger partial charge in [0.25, 0.3) is 0 Å². The monoisotopic (exact) mass is 458 g/mol. The minimum Gasteiger partial charge on any atom is -0.496 e. The number of fused-ring (bicyclic) bond motifs is 3. The molecule has 1 aliphatic rings. The molecule has 0 saturated carbocycles. The molecule has 1 atom stereocenters. The summed E-state index contributed by atoms with van der Waals surface area (Å²) in [6.07, 6.45) is 0.463. The van der Waals surface area contributed by atoms with Gasteiger partial charge in [0.1, 0.15) is 39.9 Å². The molecule has 0 bridgehead atoms. The highest BCUT2D eigenvalue weighted by Crippen LogP contribution is 2.43. The van der Waals surface area contributed by atoms with E-state index in [-0.39, 0.29) is 0 Å². The highest BCUT2D eigenvalue weighted by atomic mass is 16.6. The number of hydrogen-bond donors (Lipinski definition) is 1. The maximum absolute atomic E-state index is 12.5. The summed E-state index contributed by atoms with van der Waals surface area (Å²) in [5, 5.41) is 11.4. The van der Waals surface area contributed by atoms with Crippen LogP contribution < -0.4 is 19.8 Å². The maximum Gasteiger partial charge on any atom is 0.347 e. The molecule has 6 rings (SSSR count). The van der Waals surface area contributed by atoms with E-state index in [9.17, 15) is 9.90 Å². The highest BCUT2D eigenvalue weighted by Gasteiger charge is 2.28. The number of para-hydroxylation sites is 1. The van der Waals surface area contributed by atoms with Crippen LogP contribution in [0.4, 0.5) is 0 Å². The van der Waals surface area contributed by atoms with Gasteiger partial charge in [0.05, 0.1) is 25.4 Å². The van der Waals surface area contributed by atoms with Crippen LogP contribution in [0, 0.1) is 0 Å². The normalized spacial score (nSPS) is 15.1. The van der Waals surface area contributed by atoms with E-state index in [2.05, 4.69) is 0 Å². The molecule has 0 fully saturated rings. The maximum atomic E-state index is 12.5. The first-order valence-corrected chi connectivity index (χ1v) is 10.4. The van der Waals surface area contributed by atoms with E-state index >= 15 is 0 Å². The van der Waals surface area contributed by atoms with Gasteiger partial charge in [-0.25, -0.2) is 4.79 Å². The number of methoxy groups -OCH3 is 2. The minimum absolute atomic E-state index is 0.291. The number of aliphatic hydroxyl groups is 1. The number of rotatable bonds is 4. The third-order valence-electron chi connectivity index (χ3n) is 5.74. The standard InChI is InChI=1S/C26H18O8/c1-29-14-8-19(30-2)15-10-17(26(28)34-20(15)9-14)22-12-24-23(32-22)11-21(31-24)16-7-13-5-3-4-6-18(13)33-25(16)27/h3-12,26,28H,1-2H3. The molecule has 34 heavy (non-hydrogen) atoms. The predicted octanol–water partition coefficient (Wildman–Crippen LogP) is 5.07. The van der Waals surface area contributed by atoms with Crippen molar-refractivity contribution in [1.82, 2.24) is 0 Å². The smallest absolute Gasteiger partial charge is 0.347 e. The molecule has 0 amide bonds. The Bertz CT molecular complexity index is 1620. The van der Waals surface area contributed by atoms with Gasteiger partial charge in [-0.05, 0) is 18.2 Å². The summed E-state index contributed by atoms with van der Waals surface area (Å²) >= 11 is 0. The highest BCUT2D eigenvalue weighted by molar-refractivity contribution is 5.91. The molecule has 1 aliphatic heterocycles. The van der Waals surface area contributed by atoms with Gasteiger partial charge in [-0.3, -0.25) is 0 Å². The van der Waals surface area contributed by atoms with Crippen LogP contribution in [-0.2, 0) is 0 Å². The molecule has 8 heteroatoms. The van der Waals surface area contributed by atoms with Crippen molar-refractivity contribution < 1.29 is 32.6 Å². The summed E-state index contributed by atoms with van der Waals surface area (Å²) in [6, 6.07) is 15.6. The fraction of sp³-hybridized carbons (Fsp3) is 0.115. The lowest BCUT2D eigenvalue weighted by Crippen LogP contribution is -2.21. The number of aliphatic hydroxyl groups excluding tert-OH is 1. The van der Waals surface area contributed by atoms with Gasteiger partial charge in [-0.15, -0.1) is 0 Å². The van der Waals surface area contributed by atoms with Gasteiger partial charge in [0.2, 0.25) is 6.29 Å². The number of benzene rings is 2. The Labute approximate surface area is 192 Å². The van der Waals surface area contributed by atoms with E-state index in [4.69, 9.17) is 27.5 Å². The first kappa shape index (κ1) is 20.2. The van der Waals surface area contributed by atoms with Crippen LogP contribution >= 0.6 is 0 Å². The fourth-order valence-corrected chi connectivity index (χ4v) is 4.05. The van der Waals surface area contributed by atoms with Crippen LogP contribution in [0.2, 0.25) is 0 Å². The lowest BCUT2D eigenvalue weighted by Gasteiger charge is -2.24. The van der Waals surface area contributed by atoms with Crippen LogP contribution in [0.15, 0.2) is 72.6 Å². The first-order chi connectivity index (χ1) is 16.5. The number of ether oxygens (including phenoxy) is 3. The molecular formula is C26H18O8. The second-order valence-corrected chi connectivity index (χ2v) is 7.75. The van der Waals surface area contributed by atoms with Crippen LogP contribution in [-0.4, -0.2) is 25.6 Å². The van der Waals surface area contributed by atoms with Crippen molar-refractivity contribution in [2.45, 2.75) is 6.29 Å². The molecule has 0 radical (unpaired) electrons. The van der Waals surface area contributed by atoms with Gasteiger partial charge in [-0.2, -0.15) is 0 Å². The molecule has 0 spiro atoms. The molecule has 0 aliphatic carbocycles. The number of furan rings is 2. The largest absolute Gasteiger partial charge is 0.496 e. The van der Waals surface area contributed by atoms with Gasteiger partial charge in [0, 0.05) is 29.7 Å². The van der Waals surface area contributed by atoms with E-state index < -0.39 is 11.9 Å². The average molecular weight is 458 g/mol. The second-order valence-electron chi connectivity index (χ2n) is 7.75. The SMILES string of the molecule is COc1cc(OC)c2c(c1)OC(O)C(c1cc3oc(-c4cc5ccccc5oc4=O)cc3o1)=C2. The van der Waals surface area contributed by atoms with E-state index in [1.165, 1.54) is 7.11 Å². The summed E-state index contributed by atoms with van der Waals surface area (Å²) in [4.78, 5) is 12.5. The summed E-state index contributed by atoms with van der Waals surface area (Å²) in [5.74, 6) is 2.18. The summed E-state index contributed by atoms with van der Waals surface area (Å²) in [5.41, 5.74) is 2.16. The van der Waals surface area contributed by atoms with Crippen molar-refractivity contribution in [3.8, 4) is 28.6 Å². The van der Waals surface area contributed by atoms with Crippen molar-refractivity contribution in [1.29, 1.82) is 0 Å². The van der Waals surface area contributed by atoms with E-state index in [0.717, 1.165) is 5.39 Å². The summed E-state index contributed by atoms with van der Waals surface area (Å²) in [6.45, 7) is 0. The molecule has 2 aromatic carbocycles. The molecule has 1 unspecified atom stereocenters. The predicted molar refractivity (Wildman–Crippen MR) is 124 cm³/mol. The lowest BCUT2D eigenvalue weighted by molar-refractivity contribution is 0.0305. The van der Waals surface area contributed by atoms with Crippen molar-refractivity contribution in [3.05, 3.63) is 76.3 Å². The molecule has 3 aromatic heterocycles. The van der Waals surface area contributed by atoms with Crippen LogP contribution in [0.3, 0.4) is 0 Å². The van der Waals surface area contributed by atoms with Crippen LogP contribution in [0.5, 0.6) is 17.2 Å². The Morgan fingerprint density at radius 1 is 0.853 bits per heavy atom. The fourth-order valence-electron chi connectivity index (χ4n) is 4.05. The first-order valence-electron chi connectivity index (χ1n) is 10.4. The third-order valence-corrected chi connectivity index (χ3v) is 5.74. The zero-order valence-corrected chi connectivity index (χ0v) is 18.2. The molecule has 1 N–H and O–H groups in total. The molecular weight excluding hydrogens is 440 g/mol. The Kier molecular flexibility index (Phi) is 4.50. The molecule has 4 heterocycles.